The Morgan fingerprint density at radius 3 is 2.47 bits per heavy atom. The lowest BCUT2D eigenvalue weighted by Crippen LogP contribution is -2.48. The van der Waals surface area contributed by atoms with Crippen LogP contribution in [0.4, 0.5) is 5.69 Å². The molecule has 0 unspecified atom stereocenters. The molecule has 34 heavy (non-hydrogen) atoms. The van der Waals surface area contributed by atoms with Crippen molar-refractivity contribution in [3.8, 4) is 5.75 Å². The van der Waals surface area contributed by atoms with E-state index in [9.17, 15) is 9.90 Å². The van der Waals surface area contributed by atoms with Gasteiger partial charge in [-0.15, -0.1) is 0 Å². The molecule has 0 aliphatic carbocycles. The first-order valence-electron chi connectivity index (χ1n) is 11.0. The first-order chi connectivity index (χ1) is 16.2. The highest BCUT2D eigenvalue weighted by molar-refractivity contribution is 6.09. The molecular formula is C25H30N6O3. The number of hydrogen-bond donors (Lipinski definition) is 5. The first-order valence-corrected chi connectivity index (χ1v) is 11.0. The van der Waals surface area contributed by atoms with E-state index in [1.165, 1.54) is 30.0 Å². The van der Waals surface area contributed by atoms with Crippen LogP contribution in [0, 0.1) is 16.2 Å². The van der Waals surface area contributed by atoms with Crippen molar-refractivity contribution in [2.24, 2.45) is 0 Å². The molecule has 1 heterocycles. The monoisotopic (exact) mass is 462 g/mol. The largest absolute Gasteiger partial charge is 0.508 e. The lowest BCUT2D eigenvalue weighted by Gasteiger charge is -2.36. The number of hydrogen-bond acceptors (Lipinski definition) is 8. The van der Waals surface area contributed by atoms with E-state index in [0.717, 1.165) is 25.9 Å². The number of anilines is 1. The lowest BCUT2D eigenvalue weighted by molar-refractivity contribution is 0.0748. The van der Waals surface area contributed by atoms with Gasteiger partial charge in [0.2, 0.25) is 5.90 Å². The quantitative estimate of drug-likeness (QED) is 0.328. The van der Waals surface area contributed by atoms with Crippen molar-refractivity contribution in [1.82, 2.24) is 9.80 Å². The molecule has 5 N–H and O–H groups in total. The van der Waals surface area contributed by atoms with Gasteiger partial charge in [-0.25, -0.2) is 0 Å². The average Bonchev–Trinajstić information content (AvgIpc) is 2.80. The Kier molecular flexibility index (Phi) is 8.15. The summed E-state index contributed by atoms with van der Waals surface area (Å²) in [7, 11) is 2.04. The van der Waals surface area contributed by atoms with E-state index in [1.54, 1.807) is 42.6 Å². The number of rotatable bonds is 6. The van der Waals surface area contributed by atoms with Crippen LogP contribution in [0.25, 0.3) is 0 Å². The van der Waals surface area contributed by atoms with Gasteiger partial charge in [-0.1, -0.05) is 12.1 Å². The number of phenolic OH excluding ortho intramolecular Hbond substituents is 1. The Labute approximate surface area is 199 Å². The molecule has 0 saturated carbocycles. The van der Waals surface area contributed by atoms with Crippen LogP contribution in [0.15, 0.2) is 60.8 Å². The van der Waals surface area contributed by atoms with Gasteiger partial charge >= 0.3 is 0 Å². The van der Waals surface area contributed by atoms with Gasteiger partial charge in [-0.05, 0) is 75.5 Å². The van der Waals surface area contributed by atoms with Gasteiger partial charge in [0.15, 0.2) is 5.90 Å². The van der Waals surface area contributed by atoms with E-state index >= 15 is 0 Å². The summed E-state index contributed by atoms with van der Waals surface area (Å²) in [5, 5.41) is 36.8. The van der Waals surface area contributed by atoms with Crippen molar-refractivity contribution >= 4 is 29.2 Å². The molecule has 0 spiro atoms. The zero-order valence-electron chi connectivity index (χ0n) is 19.3. The first kappa shape index (κ1) is 24.7. The second-order valence-corrected chi connectivity index (χ2v) is 8.19. The van der Waals surface area contributed by atoms with E-state index in [1.807, 2.05) is 7.05 Å². The van der Waals surface area contributed by atoms with E-state index in [0.29, 0.717) is 16.8 Å². The van der Waals surface area contributed by atoms with Crippen molar-refractivity contribution < 1.29 is 14.6 Å². The molecule has 2 aromatic rings. The number of piperidine rings is 1. The molecule has 1 saturated heterocycles. The van der Waals surface area contributed by atoms with Gasteiger partial charge in [0.1, 0.15) is 11.6 Å². The summed E-state index contributed by atoms with van der Waals surface area (Å²) in [6.45, 7) is 3.12. The number of likely N-dealkylation sites (tertiary alicyclic amines) is 1. The van der Waals surface area contributed by atoms with Crippen LogP contribution in [-0.2, 0) is 4.74 Å². The van der Waals surface area contributed by atoms with Gasteiger partial charge in [-0.2, -0.15) is 0 Å². The second-order valence-electron chi connectivity index (χ2n) is 8.19. The maximum atomic E-state index is 13.3. The van der Waals surface area contributed by atoms with Crippen LogP contribution in [0.1, 0.15) is 35.7 Å². The Morgan fingerprint density at radius 2 is 1.79 bits per heavy atom. The average molecular weight is 463 g/mol. The third kappa shape index (κ3) is 6.52. The number of aromatic hydroxyl groups is 1. The summed E-state index contributed by atoms with van der Waals surface area (Å²) in [5.41, 5.74) is 1.51. The van der Waals surface area contributed by atoms with Crippen molar-refractivity contribution in [2.75, 3.05) is 25.5 Å². The third-order valence-corrected chi connectivity index (χ3v) is 5.50. The van der Waals surface area contributed by atoms with E-state index < -0.39 is 0 Å². The van der Waals surface area contributed by atoms with Crippen LogP contribution in [-0.4, -0.2) is 64.6 Å². The molecule has 1 fully saturated rings. The summed E-state index contributed by atoms with van der Waals surface area (Å²) in [6.07, 6.45) is 4.60. The van der Waals surface area contributed by atoms with Crippen LogP contribution >= 0.6 is 0 Å². The number of carbonyl (C=O) groups excluding carboxylic acids is 1. The molecular weight excluding hydrogens is 432 g/mol. The van der Waals surface area contributed by atoms with Crippen molar-refractivity contribution in [3.05, 3.63) is 71.9 Å². The fourth-order valence-corrected chi connectivity index (χ4v) is 3.76. The van der Waals surface area contributed by atoms with Crippen molar-refractivity contribution in [1.29, 1.82) is 16.2 Å². The zero-order valence-corrected chi connectivity index (χ0v) is 19.3. The highest BCUT2D eigenvalue weighted by Gasteiger charge is 2.30. The maximum Gasteiger partial charge on any atom is 0.259 e. The Hall–Kier alpha value is -3.98. The number of amides is 1. The van der Waals surface area contributed by atoms with Gasteiger partial charge in [0.05, 0.1) is 0 Å². The van der Waals surface area contributed by atoms with Gasteiger partial charge in [-0.3, -0.25) is 25.9 Å². The lowest BCUT2D eigenvalue weighted by atomic mass is 10.0. The fraction of sp³-hybridized carbons (Fsp3) is 0.280. The predicted molar refractivity (Wildman–Crippen MR) is 133 cm³/mol. The van der Waals surface area contributed by atoms with Gasteiger partial charge in [0.25, 0.3) is 5.91 Å². The summed E-state index contributed by atoms with van der Waals surface area (Å²) < 4.78 is 5.04. The van der Waals surface area contributed by atoms with E-state index in [2.05, 4.69) is 10.2 Å². The third-order valence-electron chi connectivity index (χ3n) is 5.50. The molecule has 9 heteroatoms. The summed E-state index contributed by atoms with van der Waals surface area (Å²) >= 11 is 0. The fourth-order valence-electron chi connectivity index (χ4n) is 3.76. The van der Waals surface area contributed by atoms with Crippen LogP contribution in [0.5, 0.6) is 5.75 Å². The molecule has 0 bridgehead atoms. The SMILES string of the molecule is CC(=N)OC(=N)c1cccc(N/C=C\C(=N)N(C(=O)c2cccc(O)c2)C2CCN(C)CC2)c1. The van der Waals surface area contributed by atoms with Crippen molar-refractivity contribution in [2.45, 2.75) is 25.8 Å². The van der Waals surface area contributed by atoms with E-state index in [-0.39, 0.29) is 35.3 Å². The number of phenols is 1. The number of ether oxygens (including phenoxy) is 1. The Bertz CT molecular complexity index is 1110. The van der Waals surface area contributed by atoms with Gasteiger partial charge in [0, 0.05) is 36.0 Å². The Morgan fingerprint density at radius 1 is 1.12 bits per heavy atom. The molecule has 1 aliphatic rings. The smallest absolute Gasteiger partial charge is 0.259 e. The number of carbonyl (C=O) groups is 1. The molecule has 0 atom stereocenters. The molecule has 1 aliphatic heterocycles. The summed E-state index contributed by atoms with van der Waals surface area (Å²) in [6, 6.07) is 13.0. The minimum Gasteiger partial charge on any atom is -0.508 e. The normalized spacial score (nSPS) is 14.5. The minimum absolute atomic E-state index is 0.00514. The Balaban J connectivity index is 1.75. The van der Waals surface area contributed by atoms with Crippen LogP contribution in [0.2, 0.25) is 0 Å². The zero-order chi connectivity index (χ0) is 24.7. The molecule has 2 aromatic carbocycles. The number of nitrogens with one attached hydrogen (secondary N) is 4. The predicted octanol–water partition coefficient (Wildman–Crippen LogP) is 3.87. The molecule has 9 nitrogen and oxygen atoms in total. The highest BCUT2D eigenvalue weighted by Crippen LogP contribution is 2.21. The number of nitrogens with zero attached hydrogens (tertiary/aromatic N) is 2. The van der Waals surface area contributed by atoms with Crippen LogP contribution in [0.3, 0.4) is 0 Å². The topological polar surface area (TPSA) is 137 Å². The van der Waals surface area contributed by atoms with Crippen molar-refractivity contribution in [3.63, 3.8) is 0 Å². The van der Waals surface area contributed by atoms with E-state index in [4.69, 9.17) is 21.0 Å². The van der Waals surface area contributed by atoms with Crippen LogP contribution < -0.4 is 5.32 Å². The molecule has 3 rings (SSSR count). The highest BCUT2D eigenvalue weighted by atomic mass is 16.5. The second kappa shape index (κ2) is 11.2. The summed E-state index contributed by atoms with van der Waals surface area (Å²) in [5.74, 6) is -0.470. The number of amidine groups is 1. The molecule has 1 amide bonds. The molecule has 178 valence electrons. The maximum absolute atomic E-state index is 13.3. The number of benzene rings is 2. The van der Waals surface area contributed by atoms with Gasteiger partial charge < -0.3 is 20.1 Å². The summed E-state index contributed by atoms with van der Waals surface area (Å²) in [4.78, 5) is 17.0. The molecule has 0 radical (unpaired) electrons. The molecule has 0 aromatic heterocycles. The minimum atomic E-state index is -0.324. The standard InChI is InChI=1S/C25H30N6O3/c1-17(26)34-24(28)18-5-3-7-20(15-18)29-12-9-23(27)31(21-10-13-30(2)14-11-21)25(33)19-6-4-8-22(32)16-19/h3-9,12,15-16,21,26-29,32H,10-11,13-14H2,1-2H3/b12-9-,26-17?,27-23?,28-24?.